The number of Topliss-reactive ketones (excluding diaryl/α,β-unsaturated/α-hetero) is 1. The molecule has 0 atom stereocenters. The highest BCUT2D eigenvalue weighted by Gasteiger charge is 2.30. The van der Waals surface area contributed by atoms with Crippen LogP contribution in [-0.2, 0) is 6.61 Å². The minimum Gasteiger partial charge on any atom is -0.497 e. The van der Waals surface area contributed by atoms with Gasteiger partial charge in [-0.15, -0.1) is 0 Å². The summed E-state index contributed by atoms with van der Waals surface area (Å²) in [6, 6.07) is 16.2. The number of carbonyl (C=O) groups excluding carboxylic acids is 1. The third-order valence-corrected chi connectivity index (χ3v) is 5.41. The molecule has 6 heteroatoms. The lowest BCUT2D eigenvalue weighted by Crippen LogP contribution is -1.99. The monoisotopic (exact) mass is 440 g/mol. The fraction of sp³-hybridized carbons (Fsp3) is 0.125. The van der Waals surface area contributed by atoms with Gasteiger partial charge in [0, 0.05) is 21.2 Å². The zero-order valence-corrected chi connectivity index (χ0v) is 17.9. The minimum atomic E-state index is -0.164. The van der Waals surface area contributed by atoms with E-state index in [9.17, 15) is 4.79 Å². The molecule has 1 heterocycles. The van der Waals surface area contributed by atoms with Crippen molar-refractivity contribution in [3.8, 4) is 17.2 Å². The summed E-state index contributed by atoms with van der Waals surface area (Å²) in [5.74, 6) is 1.94. The SMILES string of the molecule is COc1cccc(/C=C2\Oc3c(ccc(OCc4ccc(Cl)cc4Cl)c3C)C2=O)c1. The number of allylic oxidation sites excluding steroid dienone is 1. The van der Waals surface area contributed by atoms with Gasteiger partial charge in [-0.1, -0.05) is 41.4 Å². The second-order valence-electron chi connectivity index (χ2n) is 6.81. The van der Waals surface area contributed by atoms with Gasteiger partial charge in [0.25, 0.3) is 0 Å². The molecule has 0 radical (unpaired) electrons. The summed E-state index contributed by atoms with van der Waals surface area (Å²) >= 11 is 12.2. The zero-order chi connectivity index (χ0) is 21.3. The molecule has 0 unspecified atom stereocenters. The van der Waals surface area contributed by atoms with Crippen LogP contribution in [0.2, 0.25) is 10.0 Å². The standard InChI is InChI=1S/C24H18Cl2O4/c1-14-21(29-13-16-6-7-17(25)12-20(16)26)9-8-19-23(27)22(30-24(14)19)11-15-4-3-5-18(10-15)28-2/h3-12H,13H2,1-2H3/b22-11-. The molecular weight excluding hydrogens is 423 g/mol. The van der Waals surface area contributed by atoms with E-state index < -0.39 is 0 Å². The lowest BCUT2D eigenvalue weighted by atomic mass is 10.1. The van der Waals surface area contributed by atoms with Gasteiger partial charge in [0.1, 0.15) is 23.9 Å². The Bertz CT molecular complexity index is 1170. The van der Waals surface area contributed by atoms with Crippen LogP contribution >= 0.6 is 23.2 Å². The quantitative estimate of drug-likeness (QED) is 0.424. The molecule has 0 fully saturated rings. The van der Waals surface area contributed by atoms with Crippen molar-refractivity contribution >= 4 is 35.1 Å². The molecule has 0 saturated carbocycles. The maximum Gasteiger partial charge on any atom is 0.231 e. The molecule has 4 nitrogen and oxygen atoms in total. The molecule has 0 amide bonds. The van der Waals surface area contributed by atoms with E-state index in [1.807, 2.05) is 37.3 Å². The highest BCUT2D eigenvalue weighted by atomic mass is 35.5. The normalized spacial score (nSPS) is 13.9. The van der Waals surface area contributed by atoms with Crippen molar-refractivity contribution in [3.63, 3.8) is 0 Å². The Labute approximate surface area is 184 Å². The number of ether oxygens (including phenoxy) is 3. The van der Waals surface area contributed by atoms with Gasteiger partial charge >= 0.3 is 0 Å². The van der Waals surface area contributed by atoms with Crippen LogP contribution < -0.4 is 14.2 Å². The molecule has 0 spiro atoms. The molecule has 30 heavy (non-hydrogen) atoms. The first kappa shape index (κ1) is 20.3. The van der Waals surface area contributed by atoms with Gasteiger partial charge in [-0.3, -0.25) is 4.79 Å². The zero-order valence-electron chi connectivity index (χ0n) is 16.4. The van der Waals surface area contributed by atoms with Gasteiger partial charge in [0.05, 0.1) is 12.7 Å². The maximum atomic E-state index is 12.8. The lowest BCUT2D eigenvalue weighted by molar-refractivity contribution is 0.101. The number of hydrogen-bond acceptors (Lipinski definition) is 4. The summed E-state index contributed by atoms with van der Waals surface area (Å²) in [6.45, 7) is 2.13. The first-order valence-corrected chi connectivity index (χ1v) is 10.0. The first-order valence-electron chi connectivity index (χ1n) is 9.25. The van der Waals surface area contributed by atoms with Crippen LogP contribution in [0.15, 0.2) is 60.4 Å². The smallest absolute Gasteiger partial charge is 0.231 e. The van der Waals surface area contributed by atoms with E-state index in [0.717, 1.165) is 16.7 Å². The van der Waals surface area contributed by atoms with E-state index in [4.69, 9.17) is 37.4 Å². The third-order valence-electron chi connectivity index (χ3n) is 4.83. The van der Waals surface area contributed by atoms with Gasteiger partial charge in [-0.05, 0) is 55.0 Å². The largest absolute Gasteiger partial charge is 0.497 e. The van der Waals surface area contributed by atoms with Crippen molar-refractivity contribution in [2.75, 3.05) is 7.11 Å². The van der Waals surface area contributed by atoms with Crippen molar-refractivity contribution in [1.82, 2.24) is 0 Å². The number of hydrogen-bond donors (Lipinski definition) is 0. The summed E-state index contributed by atoms with van der Waals surface area (Å²) in [6.07, 6.45) is 1.71. The second-order valence-corrected chi connectivity index (χ2v) is 7.65. The van der Waals surface area contributed by atoms with Crippen molar-refractivity contribution < 1.29 is 19.0 Å². The topological polar surface area (TPSA) is 44.8 Å². The lowest BCUT2D eigenvalue weighted by Gasteiger charge is -2.12. The van der Waals surface area contributed by atoms with Crippen LogP contribution in [0.5, 0.6) is 17.2 Å². The fourth-order valence-electron chi connectivity index (χ4n) is 3.20. The van der Waals surface area contributed by atoms with E-state index in [1.165, 1.54) is 0 Å². The Morgan fingerprint density at radius 1 is 1.07 bits per heavy atom. The van der Waals surface area contributed by atoms with Crippen LogP contribution in [0.4, 0.5) is 0 Å². The minimum absolute atomic E-state index is 0.164. The number of halogens is 2. The molecule has 0 aromatic heterocycles. The Morgan fingerprint density at radius 2 is 1.90 bits per heavy atom. The highest BCUT2D eigenvalue weighted by Crippen LogP contribution is 2.39. The maximum absolute atomic E-state index is 12.8. The van der Waals surface area contributed by atoms with Crippen molar-refractivity contribution in [3.05, 3.63) is 92.7 Å². The molecule has 152 valence electrons. The van der Waals surface area contributed by atoms with Crippen LogP contribution in [0.1, 0.15) is 27.0 Å². The Hall–Kier alpha value is -2.95. The fourth-order valence-corrected chi connectivity index (χ4v) is 3.66. The van der Waals surface area contributed by atoms with Crippen LogP contribution in [0, 0.1) is 6.92 Å². The van der Waals surface area contributed by atoms with Gasteiger partial charge in [-0.2, -0.15) is 0 Å². The van der Waals surface area contributed by atoms with Gasteiger partial charge < -0.3 is 14.2 Å². The Balaban J connectivity index is 1.57. The van der Waals surface area contributed by atoms with E-state index in [0.29, 0.717) is 32.9 Å². The predicted octanol–water partition coefficient (Wildman–Crippen LogP) is 6.51. The number of benzene rings is 3. The van der Waals surface area contributed by atoms with Gasteiger partial charge in [0.2, 0.25) is 5.78 Å². The number of fused-ring (bicyclic) bond motifs is 1. The van der Waals surface area contributed by atoms with Crippen molar-refractivity contribution in [2.45, 2.75) is 13.5 Å². The Kier molecular flexibility index (Phi) is 5.71. The summed E-state index contributed by atoms with van der Waals surface area (Å²) in [5.41, 5.74) is 2.90. The summed E-state index contributed by atoms with van der Waals surface area (Å²) in [5, 5.41) is 1.11. The highest BCUT2D eigenvalue weighted by molar-refractivity contribution is 6.35. The number of rotatable bonds is 5. The Morgan fingerprint density at radius 3 is 2.67 bits per heavy atom. The predicted molar refractivity (Wildman–Crippen MR) is 118 cm³/mol. The molecule has 0 N–H and O–H groups in total. The number of ketones is 1. The molecule has 1 aliphatic rings. The third kappa shape index (κ3) is 4.02. The number of carbonyl (C=O) groups is 1. The van der Waals surface area contributed by atoms with Gasteiger partial charge in [0.15, 0.2) is 5.76 Å². The summed E-state index contributed by atoms with van der Waals surface area (Å²) < 4.78 is 17.1. The van der Waals surface area contributed by atoms with E-state index in [1.54, 1.807) is 37.5 Å². The average Bonchev–Trinajstić information content (AvgIpc) is 3.05. The van der Waals surface area contributed by atoms with Crippen LogP contribution in [0.25, 0.3) is 6.08 Å². The van der Waals surface area contributed by atoms with E-state index in [-0.39, 0.29) is 18.1 Å². The molecule has 0 saturated heterocycles. The first-order chi connectivity index (χ1) is 14.5. The number of methoxy groups -OCH3 is 1. The molecule has 3 aromatic carbocycles. The van der Waals surface area contributed by atoms with Crippen molar-refractivity contribution in [1.29, 1.82) is 0 Å². The molecule has 0 aliphatic carbocycles. The molecular formula is C24H18Cl2O4. The van der Waals surface area contributed by atoms with Crippen molar-refractivity contribution in [2.24, 2.45) is 0 Å². The molecule has 4 rings (SSSR count). The summed E-state index contributed by atoms with van der Waals surface area (Å²) in [7, 11) is 1.60. The molecule has 0 bridgehead atoms. The van der Waals surface area contributed by atoms with E-state index in [2.05, 4.69) is 0 Å². The molecule has 3 aromatic rings. The van der Waals surface area contributed by atoms with E-state index >= 15 is 0 Å². The molecule has 1 aliphatic heterocycles. The summed E-state index contributed by atoms with van der Waals surface area (Å²) in [4.78, 5) is 12.8. The second kappa shape index (κ2) is 8.42. The van der Waals surface area contributed by atoms with Crippen LogP contribution in [-0.4, -0.2) is 12.9 Å². The average molecular weight is 441 g/mol. The van der Waals surface area contributed by atoms with Crippen LogP contribution in [0.3, 0.4) is 0 Å². The van der Waals surface area contributed by atoms with Gasteiger partial charge in [-0.25, -0.2) is 0 Å².